The lowest BCUT2D eigenvalue weighted by atomic mass is 9.88. The molecule has 3 N–H and O–H groups in total. The van der Waals surface area contributed by atoms with Gasteiger partial charge in [-0.2, -0.15) is 0 Å². The van der Waals surface area contributed by atoms with Crippen molar-refractivity contribution in [3.63, 3.8) is 0 Å². The molecule has 1 aromatic carbocycles. The number of hydrogen-bond donors (Lipinski definition) is 2. The van der Waals surface area contributed by atoms with Crippen molar-refractivity contribution in [1.82, 2.24) is 5.32 Å². The van der Waals surface area contributed by atoms with Crippen LogP contribution in [0.25, 0.3) is 0 Å². The van der Waals surface area contributed by atoms with Gasteiger partial charge in [0.1, 0.15) is 0 Å². The molecule has 3 heteroatoms. The fourth-order valence-electron chi connectivity index (χ4n) is 2.62. The summed E-state index contributed by atoms with van der Waals surface area (Å²) in [5.74, 6) is 0.600. The molecule has 0 aliphatic heterocycles. The predicted octanol–water partition coefficient (Wildman–Crippen LogP) is 2.04. The summed E-state index contributed by atoms with van der Waals surface area (Å²) in [5, 5.41) is 3.16. The Hall–Kier alpha value is -1.35. The Balaban J connectivity index is 1.80. The van der Waals surface area contributed by atoms with Gasteiger partial charge < -0.3 is 11.1 Å². The third-order valence-corrected chi connectivity index (χ3v) is 3.98. The molecule has 1 amide bonds. The number of carbonyl (C=O) groups excluding carboxylic acids is 1. The van der Waals surface area contributed by atoms with Gasteiger partial charge in [0.25, 0.3) is 0 Å². The molecule has 19 heavy (non-hydrogen) atoms. The summed E-state index contributed by atoms with van der Waals surface area (Å²) in [4.78, 5) is 11.9. The third-order valence-electron chi connectivity index (χ3n) is 3.98. The van der Waals surface area contributed by atoms with Crippen molar-refractivity contribution in [1.29, 1.82) is 0 Å². The molecular formula is C16H24N2O. The Bertz CT molecular complexity index is 431. The number of hydrogen-bond acceptors (Lipinski definition) is 2. The highest BCUT2D eigenvalue weighted by Gasteiger charge is 2.19. The van der Waals surface area contributed by atoms with Crippen molar-refractivity contribution in [2.24, 2.45) is 11.7 Å². The maximum absolute atomic E-state index is 11.9. The zero-order chi connectivity index (χ0) is 13.7. The molecule has 3 nitrogen and oxygen atoms in total. The van der Waals surface area contributed by atoms with Crippen molar-refractivity contribution < 1.29 is 4.79 Å². The molecule has 2 rings (SSSR count). The summed E-state index contributed by atoms with van der Waals surface area (Å²) in [5.41, 5.74) is 8.38. The van der Waals surface area contributed by atoms with E-state index in [2.05, 4.69) is 36.5 Å². The second-order valence-corrected chi connectivity index (χ2v) is 5.66. The van der Waals surface area contributed by atoms with Crippen LogP contribution < -0.4 is 11.1 Å². The second-order valence-electron chi connectivity index (χ2n) is 5.66. The molecule has 1 aliphatic carbocycles. The number of nitrogens with two attached hydrogens (primary N) is 1. The first-order chi connectivity index (χ1) is 9.19. The van der Waals surface area contributed by atoms with Crippen LogP contribution in [0, 0.1) is 5.92 Å². The molecule has 0 saturated carbocycles. The summed E-state index contributed by atoms with van der Waals surface area (Å²) in [6.07, 6.45) is 4.56. The van der Waals surface area contributed by atoms with Crippen LogP contribution in [-0.2, 0) is 17.6 Å². The predicted molar refractivity (Wildman–Crippen MR) is 77.9 cm³/mol. The molecule has 0 fully saturated rings. The molecule has 0 aromatic heterocycles. The number of aryl methyl sites for hydroxylation is 1. The maximum atomic E-state index is 11.9. The zero-order valence-electron chi connectivity index (χ0n) is 11.7. The van der Waals surface area contributed by atoms with Gasteiger partial charge in [0, 0.05) is 12.5 Å². The van der Waals surface area contributed by atoms with Gasteiger partial charge >= 0.3 is 0 Å². The van der Waals surface area contributed by atoms with Crippen LogP contribution in [0.4, 0.5) is 0 Å². The van der Waals surface area contributed by atoms with Crippen LogP contribution in [0.5, 0.6) is 0 Å². The molecule has 1 aliphatic rings. The minimum absolute atomic E-state index is 0.171. The van der Waals surface area contributed by atoms with Gasteiger partial charge in [-0.25, -0.2) is 0 Å². The molecule has 0 bridgehead atoms. The summed E-state index contributed by atoms with van der Waals surface area (Å²) < 4.78 is 0. The zero-order valence-corrected chi connectivity index (χ0v) is 11.7. The monoisotopic (exact) mass is 260 g/mol. The molecular weight excluding hydrogens is 236 g/mol. The van der Waals surface area contributed by atoms with Crippen LogP contribution >= 0.6 is 0 Å². The van der Waals surface area contributed by atoms with E-state index < -0.39 is 0 Å². The van der Waals surface area contributed by atoms with E-state index >= 15 is 0 Å². The van der Waals surface area contributed by atoms with Crippen molar-refractivity contribution in [2.45, 2.75) is 45.1 Å². The molecule has 0 saturated heterocycles. The molecule has 104 valence electrons. The van der Waals surface area contributed by atoms with Gasteiger partial charge in [0.05, 0.1) is 0 Å². The fraction of sp³-hybridized carbons (Fsp3) is 0.562. The van der Waals surface area contributed by atoms with Gasteiger partial charge in [-0.1, -0.05) is 31.2 Å². The largest absolute Gasteiger partial charge is 0.353 e. The molecule has 0 radical (unpaired) electrons. The van der Waals surface area contributed by atoms with Crippen molar-refractivity contribution in [2.75, 3.05) is 6.54 Å². The lowest BCUT2D eigenvalue weighted by Crippen LogP contribution is -2.38. The Morgan fingerprint density at radius 1 is 1.42 bits per heavy atom. The van der Waals surface area contributed by atoms with E-state index in [1.807, 2.05) is 0 Å². The topological polar surface area (TPSA) is 55.1 Å². The van der Waals surface area contributed by atoms with Gasteiger partial charge in [0.2, 0.25) is 5.91 Å². The van der Waals surface area contributed by atoms with Gasteiger partial charge in [-0.3, -0.25) is 4.79 Å². The Kier molecular flexibility index (Phi) is 4.97. The SMILES string of the molecule is CC(CN)CCC(=O)NC1CCc2ccccc2C1. The van der Waals surface area contributed by atoms with Crippen LogP contribution in [0.3, 0.4) is 0 Å². The van der Waals surface area contributed by atoms with Gasteiger partial charge in [-0.15, -0.1) is 0 Å². The van der Waals surface area contributed by atoms with Crippen molar-refractivity contribution in [3.05, 3.63) is 35.4 Å². The standard InChI is InChI=1S/C16H24N2O/c1-12(11-17)6-9-16(19)18-15-8-7-13-4-2-3-5-14(13)10-15/h2-5,12,15H,6-11,17H2,1H3,(H,18,19). The number of rotatable bonds is 5. The van der Waals surface area contributed by atoms with E-state index in [0.29, 0.717) is 24.9 Å². The lowest BCUT2D eigenvalue weighted by Gasteiger charge is -2.25. The van der Waals surface area contributed by atoms with E-state index in [4.69, 9.17) is 5.73 Å². The fourth-order valence-corrected chi connectivity index (χ4v) is 2.62. The smallest absolute Gasteiger partial charge is 0.220 e. The third kappa shape index (κ3) is 4.06. The Morgan fingerprint density at radius 3 is 2.89 bits per heavy atom. The molecule has 2 unspecified atom stereocenters. The van der Waals surface area contributed by atoms with Gasteiger partial charge in [-0.05, 0) is 49.3 Å². The van der Waals surface area contributed by atoms with Crippen LogP contribution in [-0.4, -0.2) is 18.5 Å². The normalized spacial score (nSPS) is 19.6. The quantitative estimate of drug-likeness (QED) is 0.851. The highest BCUT2D eigenvalue weighted by molar-refractivity contribution is 5.76. The summed E-state index contributed by atoms with van der Waals surface area (Å²) in [6.45, 7) is 2.74. The van der Waals surface area contributed by atoms with Crippen molar-refractivity contribution >= 4 is 5.91 Å². The highest BCUT2D eigenvalue weighted by atomic mass is 16.1. The summed E-state index contributed by atoms with van der Waals surface area (Å²) in [6, 6.07) is 8.83. The number of nitrogens with one attached hydrogen (secondary N) is 1. The number of fused-ring (bicyclic) bond motifs is 1. The summed E-state index contributed by atoms with van der Waals surface area (Å²) in [7, 11) is 0. The van der Waals surface area contributed by atoms with Crippen LogP contribution in [0.2, 0.25) is 0 Å². The highest BCUT2D eigenvalue weighted by Crippen LogP contribution is 2.21. The minimum Gasteiger partial charge on any atom is -0.353 e. The van der Waals surface area contributed by atoms with Crippen LogP contribution in [0.1, 0.15) is 37.3 Å². The molecule has 0 heterocycles. The second kappa shape index (κ2) is 6.71. The van der Waals surface area contributed by atoms with E-state index in [-0.39, 0.29) is 5.91 Å². The van der Waals surface area contributed by atoms with E-state index in [1.165, 1.54) is 11.1 Å². The number of benzene rings is 1. The number of amides is 1. The van der Waals surface area contributed by atoms with E-state index in [9.17, 15) is 4.79 Å². The Morgan fingerprint density at radius 2 is 2.16 bits per heavy atom. The first-order valence-electron chi connectivity index (χ1n) is 7.25. The lowest BCUT2D eigenvalue weighted by molar-refractivity contribution is -0.122. The molecule has 1 aromatic rings. The van der Waals surface area contributed by atoms with E-state index in [1.54, 1.807) is 0 Å². The maximum Gasteiger partial charge on any atom is 0.220 e. The average molecular weight is 260 g/mol. The van der Waals surface area contributed by atoms with Crippen LogP contribution in [0.15, 0.2) is 24.3 Å². The molecule has 2 atom stereocenters. The van der Waals surface area contributed by atoms with E-state index in [0.717, 1.165) is 25.7 Å². The van der Waals surface area contributed by atoms with Crippen molar-refractivity contribution in [3.8, 4) is 0 Å². The van der Waals surface area contributed by atoms with Gasteiger partial charge in [0.15, 0.2) is 0 Å². The minimum atomic E-state index is 0.171. The molecule has 0 spiro atoms. The summed E-state index contributed by atoms with van der Waals surface area (Å²) >= 11 is 0. The number of carbonyl (C=O) groups is 1. The first kappa shape index (κ1) is 14.1. The average Bonchev–Trinajstić information content (AvgIpc) is 2.44. The first-order valence-corrected chi connectivity index (χ1v) is 7.25. The Labute approximate surface area is 115 Å².